The van der Waals surface area contributed by atoms with E-state index in [1.807, 2.05) is 24.3 Å². The third kappa shape index (κ3) is 2.96. The lowest BCUT2D eigenvalue weighted by atomic mass is 10.1. The maximum atomic E-state index is 4.48. The summed E-state index contributed by atoms with van der Waals surface area (Å²) >= 11 is 3.44. The second-order valence-electron chi connectivity index (χ2n) is 4.41. The third-order valence-electron chi connectivity index (χ3n) is 3.01. The number of aromatic amines is 1. The average Bonchev–Trinajstić information content (AvgIpc) is 2.83. The fourth-order valence-corrected chi connectivity index (χ4v) is 2.28. The molecule has 0 saturated carbocycles. The second-order valence-corrected chi connectivity index (χ2v) is 5.32. The van der Waals surface area contributed by atoms with Crippen LogP contribution in [0.1, 0.15) is 5.56 Å². The van der Waals surface area contributed by atoms with Gasteiger partial charge in [-0.15, -0.1) is 0 Å². The molecule has 19 heavy (non-hydrogen) atoms. The Balaban J connectivity index is 1.61. The van der Waals surface area contributed by atoms with Crippen LogP contribution in [-0.4, -0.2) is 16.5 Å². The molecule has 0 aliphatic heterocycles. The summed E-state index contributed by atoms with van der Waals surface area (Å²) in [5, 5.41) is 3.32. The van der Waals surface area contributed by atoms with Gasteiger partial charge in [0, 0.05) is 11.0 Å². The summed E-state index contributed by atoms with van der Waals surface area (Å²) in [6, 6.07) is 16.4. The van der Waals surface area contributed by atoms with Gasteiger partial charge in [0.05, 0.1) is 11.0 Å². The molecule has 0 unspecified atom stereocenters. The van der Waals surface area contributed by atoms with E-state index in [9.17, 15) is 0 Å². The molecule has 0 fully saturated rings. The minimum Gasteiger partial charge on any atom is -0.355 e. The molecule has 3 aromatic rings. The van der Waals surface area contributed by atoms with Crippen molar-refractivity contribution in [2.45, 2.75) is 6.42 Å². The number of hydrogen-bond acceptors (Lipinski definition) is 2. The molecule has 0 bridgehead atoms. The maximum Gasteiger partial charge on any atom is 0.201 e. The molecule has 2 N–H and O–H groups in total. The van der Waals surface area contributed by atoms with Crippen molar-refractivity contribution in [3.05, 3.63) is 58.6 Å². The lowest BCUT2D eigenvalue weighted by molar-refractivity contribution is 0.999. The summed E-state index contributed by atoms with van der Waals surface area (Å²) in [6.45, 7) is 0.863. The first-order chi connectivity index (χ1) is 9.31. The van der Waals surface area contributed by atoms with E-state index in [1.165, 1.54) is 5.56 Å². The zero-order valence-corrected chi connectivity index (χ0v) is 11.9. The zero-order chi connectivity index (χ0) is 13.1. The second kappa shape index (κ2) is 5.45. The van der Waals surface area contributed by atoms with E-state index in [0.29, 0.717) is 0 Å². The SMILES string of the molecule is Brc1ccc(CCNc2nc3ccccc3[nH]2)cc1. The Hall–Kier alpha value is -1.81. The summed E-state index contributed by atoms with van der Waals surface area (Å²) in [5.41, 5.74) is 3.37. The molecule has 3 nitrogen and oxygen atoms in total. The number of aromatic nitrogens is 2. The van der Waals surface area contributed by atoms with Gasteiger partial charge in [0.1, 0.15) is 0 Å². The highest BCUT2D eigenvalue weighted by Crippen LogP contribution is 2.14. The molecule has 96 valence electrons. The van der Waals surface area contributed by atoms with Crippen molar-refractivity contribution >= 4 is 32.9 Å². The van der Waals surface area contributed by atoms with Crippen molar-refractivity contribution in [1.82, 2.24) is 9.97 Å². The van der Waals surface area contributed by atoms with Crippen LogP contribution in [0.4, 0.5) is 5.95 Å². The number of halogens is 1. The highest BCUT2D eigenvalue weighted by Gasteiger charge is 2.00. The predicted octanol–water partition coefficient (Wildman–Crippen LogP) is 3.98. The van der Waals surface area contributed by atoms with Gasteiger partial charge in [0.25, 0.3) is 0 Å². The number of nitrogens with one attached hydrogen (secondary N) is 2. The van der Waals surface area contributed by atoms with Crippen LogP contribution in [0.25, 0.3) is 11.0 Å². The fraction of sp³-hybridized carbons (Fsp3) is 0.133. The highest BCUT2D eigenvalue weighted by molar-refractivity contribution is 9.10. The van der Waals surface area contributed by atoms with Gasteiger partial charge in [-0.25, -0.2) is 4.98 Å². The number of nitrogens with zero attached hydrogens (tertiary/aromatic N) is 1. The van der Waals surface area contributed by atoms with Gasteiger partial charge >= 0.3 is 0 Å². The summed E-state index contributed by atoms with van der Waals surface area (Å²) in [6.07, 6.45) is 0.977. The van der Waals surface area contributed by atoms with E-state index in [4.69, 9.17) is 0 Å². The van der Waals surface area contributed by atoms with E-state index in [2.05, 4.69) is 55.5 Å². The predicted molar refractivity (Wildman–Crippen MR) is 82.4 cm³/mol. The van der Waals surface area contributed by atoms with E-state index < -0.39 is 0 Å². The standard InChI is InChI=1S/C15H14BrN3/c16-12-7-5-11(6-8-12)9-10-17-15-18-13-3-1-2-4-14(13)19-15/h1-8H,9-10H2,(H2,17,18,19). The van der Waals surface area contributed by atoms with Gasteiger partial charge in [0.2, 0.25) is 5.95 Å². The van der Waals surface area contributed by atoms with Crippen LogP contribution in [-0.2, 0) is 6.42 Å². The van der Waals surface area contributed by atoms with E-state index in [1.54, 1.807) is 0 Å². The molecule has 1 aromatic heterocycles. The molecular formula is C15H14BrN3. The van der Waals surface area contributed by atoms with Crippen LogP contribution in [0.3, 0.4) is 0 Å². The first-order valence-corrected chi connectivity index (χ1v) is 7.04. The smallest absolute Gasteiger partial charge is 0.201 e. The lowest BCUT2D eigenvalue weighted by Gasteiger charge is -2.03. The van der Waals surface area contributed by atoms with Crippen LogP contribution in [0.5, 0.6) is 0 Å². The Kier molecular flexibility index (Phi) is 3.51. The maximum absolute atomic E-state index is 4.48. The van der Waals surface area contributed by atoms with E-state index in [0.717, 1.165) is 34.4 Å². The van der Waals surface area contributed by atoms with Crippen LogP contribution in [0, 0.1) is 0 Å². The molecular weight excluding hydrogens is 302 g/mol. The van der Waals surface area contributed by atoms with Crippen LogP contribution < -0.4 is 5.32 Å². The molecule has 0 atom stereocenters. The zero-order valence-electron chi connectivity index (χ0n) is 10.4. The van der Waals surface area contributed by atoms with E-state index >= 15 is 0 Å². The lowest BCUT2D eigenvalue weighted by Crippen LogP contribution is -2.05. The molecule has 0 spiro atoms. The summed E-state index contributed by atoms with van der Waals surface area (Å²) in [7, 11) is 0. The fourth-order valence-electron chi connectivity index (χ4n) is 2.01. The molecule has 2 aromatic carbocycles. The Morgan fingerprint density at radius 1 is 1.05 bits per heavy atom. The third-order valence-corrected chi connectivity index (χ3v) is 3.54. The molecule has 0 aliphatic carbocycles. The summed E-state index contributed by atoms with van der Waals surface area (Å²) in [5.74, 6) is 0.832. The van der Waals surface area contributed by atoms with E-state index in [-0.39, 0.29) is 0 Å². The first-order valence-electron chi connectivity index (χ1n) is 6.24. The Bertz CT molecular complexity index is 640. The molecule has 1 heterocycles. The molecule has 4 heteroatoms. The normalized spacial score (nSPS) is 10.8. The molecule has 3 rings (SSSR count). The number of fused-ring (bicyclic) bond motifs is 1. The van der Waals surface area contributed by atoms with Crippen molar-refractivity contribution in [2.75, 3.05) is 11.9 Å². The highest BCUT2D eigenvalue weighted by atomic mass is 79.9. The van der Waals surface area contributed by atoms with Gasteiger partial charge in [-0.1, -0.05) is 40.2 Å². The van der Waals surface area contributed by atoms with Crippen molar-refractivity contribution in [2.24, 2.45) is 0 Å². The van der Waals surface area contributed by atoms with Crippen molar-refractivity contribution < 1.29 is 0 Å². The van der Waals surface area contributed by atoms with Gasteiger partial charge in [-0.05, 0) is 36.2 Å². The summed E-state index contributed by atoms with van der Waals surface area (Å²) < 4.78 is 1.11. The number of anilines is 1. The number of hydrogen-bond donors (Lipinski definition) is 2. The van der Waals surface area contributed by atoms with Crippen molar-refractivity contribution in [1.29, 1.82) is 0 Å². The number of imidazole rings is 1. The number of H-pyrrole nitrogens is 1. The monoisotopic (exact) mass is 315 g/mol. The quantitative estimate of drug-likeness (QED) is 0.764. The Morgan fingerprint density at radius 3 is 2.63 bits per heavy atom. The minimum atomic E-state index is 0.832. The van der Waals surface area contributed by atoms with Gasteiger partial charge in [-0.3, -0.25) is 0 Å². The van der Waals surface area contributed by atoms with Crippen molar-refractivity contribution in [3.8, 4) is 0 Å². The van der Waals surface area contributed by atoms with Crippen LogP contribution in [0.2, 0.25) is 0 Å². The number of rotatable bonds is 4. The Labute approximate surface area is 120 Å². The minimum absolute atomic E-state index is 0.832. The van der Waals surface area contributed by atoms with Gasteiger partial charge in [0.15, 0.2) is 0 Å². The topological polar surface area (TPSA) is 40.7 Å². The summed E-state index contributed by atoms with van der Waals surface area (Å²) in [4.78, 5) is 7.75. The van der Waals surface area contributed by atoms with Crippen LogP contribution >= 0.6 is 15.9 Å². The number of benzene rings is 2. The largest absolute Gasteiger partial charge is 0.355 e. The van der Waals surface area contributed by atoms with Crippen LogP contribution in [0.15, 0.2) is 53.0 Å². The molecule has 0 radical (unpaired) electrons. The molecule has 0 saturated heterocycles. The van der Waals surface area contributed by atoms with Crippen molar-refractivity contribution in [3.63, 3.8) is 0 Å². The van der Waals surface area contributed by atoms with Gasteiger partial charge < -0.3 is 10.3 Å². The molecule has 0 aliphatic rings. The van der Waals surface area contributed by atoms with Gasteiger partial charge in [-0.2, -0.15) is 0 Å². The molecule has 0 amide bonds. The first kappa shape index (κ1) is 12.2. The Morgan fingerprint density at radius 2 is 1.84 bits per heavy atom. The average molecular weight is 316 g/mol. The number of para-hydroxylation sites is 2.